The quantitative estimate of drug-likeness (QED) is 0.250. The number of imidazole rings is 1. The van der Waals surface area contributed by atoms with Crippen LogP contribution in [0.1, 0.15) is 19.3 Å². The van der Waals surface area contributed by atoms with Gasteiger partial charge in [-0.25, -0.2) is 4.98 Å². The van der Waals surface area contributed by atoms with Gasteiger partial charge < -0.3 is 9.67 Å². The van der Waals surface area contributed by atoms with Gasteiger partial charge in [0.25, 0.3) is 0 Å². The lowest BCUT2D eigenvalue weighted by molar-refractivity contribution is -0.133. The molecular formula is C28H28N2O2S. The van der Waals surface area contributed by atoms with Gasteiger partial charge in [-0.05, 0) is 18.6 Å². The first-order valence-electron chi connectivity index (χ1n) is 11.3. The molecule has 4 aromatic rings. The van der Waals surface area contributed by atoms with E-state index in [1.165, 1.54) is 11.8 Å². The fraction of sp³-hybridized carbons (Fsp3) is 0.214. The normalized spacial score (nSPS) is 10.9. The zero-order valence-electron chi connectivity index (χ0n) is 18.6. The molecule has 0 radical (unpaired) electrons. The molecule has 3 aromatic carbocycles. The number of hydrogen-bond acceptors (Lipinski definition) is 3. The molecule has 0 unspecified atom stereocenters. The fourth-order valence-corrected chi connectivity index (χ4v) is 4.70. The third-order valence-corrected chi connectivity index (χ3v) is 6.52. The number of benzene rings is 3. The lowest BCUT2D eigenvalue weighted by atomic mass is 10.0. The molecule has 0 spiro atoms. The molecule has 0 fully saturated rings. The van der Waals surface area contributed by atoms with E-state index in [2.05, 4.69) is 77.4 Å². The second kappa shape index (κ2) is 11.5. The van der Waals surface area contributed by atoms with E-state index in [-0.39, 0.29) is 5.75 Å². The first-order valence-corrected chi connectivity index (χ1v) is 12.5. The number of carboxylic acids is 1. The van der Waals surface area contributed by atoms with Crippen LogP contribution >= 0.6 is 11.8 Å². The Balaban J connectivity index is 1.68. The monoisotopic (exact) mass is 456 g/mol. The molecule has 0 amide bonds. The van der Waals surface area contributed by atoms with Crippen molar-refractivity contribution in [2.24, 2.45) is 0 Å². The summed E-state index contributed by atoms with van der Waals surface area (Å²) in [4.78, 5) is 15.9. The maximum absolute atomic E-state index is 10.7. The number of thioether (sulfide) groups is 1. The van der Waals surface area contributed by atoms with Gasteiger partial charge >= 0.3 is 5.97 Å². The highest BCUT2D eigenvalue weighted by Crippen LogP contribution is 2.36. The molecule has 33 heavy (non-hydrogen) atoms. The second-order valence-electron chi connectivity index (χ2n) is 7.89. The Kier molecular flexibility index (Phi) is 7.99. The lowest BCUT2D eigenvalue weighted by Crippen LogP contribution is -2.04. The molecule has 5 heteroatoms. The van der Waals surface area contributed by atoms with Crippen molar-refractivity contribution in [1.29, 1.82) is 0 Å². The van der Waals surface area contributed by atoms with Crippen molar-refractivity contribution in [3.63, 3.8) is 0 Å². The first-order chi connectivity index (χ1) is 16.2. The van der Waals surface area contributed by atoms with Crippen molar-refractivity contribution in [1.82, 2.24) is 9.55 Å². The van der Waals surface area contributed by atoms with Crippen LogP contribution in [-0.2, 0) is 11.3 Å². The molecule has 4 nitrogen and oxygen atoms in total. The van der Waals surface area contributed by atoms with E-state index in [0.717, 1.165) is 65.5 Å². The van der Waals surface area contributed by atoms with E-state index in [9.17, 15) is 4.79 Å². The second-order valence-corrected chi connectivity index (χ2v) is 8.99. The number of hydrogen-bond donors (Lipinski definition) is 1. The molecule has 0 saturated heterocycles. The predicted octanol–water partition coefficient (Wildman–Crippen LogP) is 6.87. The Labute approximate surface area is 199 Å². The van der Waals surface area contributed by atoms with Crippen LogP contribution in [0.25, 0.3) is 33.9 Å². The molecule has 4 rings (SSSR count). The Morgan fingerprint density at radius 1 is 0.758 bits per heavy atom. The summed E-state index contributed by atoms with van der Waals surface area (Å²) in [6.45, 7) is 0.859. The molecule has 0 aliphatic rings. The Morgan fingerprint density at radius 2 is 1.33 bits per heavy atom. The lowest BCUT2D eigenvalue weighted by Gasteiger charge is -2.13. The minimum absolute atomic E-state index is 0.179. The van der Waals surface area contributed by atoms with E-state index in [4.69, 9.17) is 10.1 Å². The predicted molar refractivity (Wildman–Crippen MR) is 137 cm³/mol. The largest absolute Gasteiger partial charge is 0.481 e. The summed E-state index contributed by atoms with van der Waals surface area (Å²) in [5, 5.41) is 8.81. The van der Waals surface area contributed by atoms with Crippen molar-refractivity contribution in [2.75, 3.05) is 11.5 Å². The van der Waals surface area contributed by atoms with Crippen LogP contribution in [0.5, 0.6) is 0 Å². The zero-order valence-corrected chi connectivity index (χ0v) is 19.4. The highest BCUT2D eigenvalue weighted by atomic mass is 32.2. The van der Waals surface area contributed by atoms with Gasteiger partial charge in [0.05, 0.1) is 17.1 Å². The van der Waals surface area contributed by atoms with Crippen molar-refractivity contribution in [2.45, 2.75) is 25.8 Å². The van der Waals surface area contributed by atoms with Crippen LogP contribution in [0.2, 0.25) is 0 Å². The minimum Gasteiger partial charge on any atom is -0.481 e. The summed E-state index contributed by atoms with van der Waals surface area (Å²) < 4.78 is 2.36. The Bertz CT molecular complexity index is 1160. The van der Waals surface area contributed by atoms with Gasteiger partial charge in [-0.2, -0.15) is 11.8 Å². The van der Waals surface area contributed by atoms with E-state index in [1.807, 2.05) is 18.2 Å². The molecule has 0 atom stereocenters. The van der Waals surface area contributed by atoms with Crippen LogP contribution in [-0.4, -0.2) is 32.1 Å². The molecule has 0 saturated carbocycles. The van der Waals surface area contributed by atoms with Gasteiger partial charge in [-0.1, -0.05) is 97.4 Å². The fourth-order valence-electron chi connectivity index (χ4n) is 3.97. The van der Waals surface area contributed by atoms with Gasteiger partial charge in [-0.15, -0.1) is 0 Å². The van der Waals surface area contributed by atoms with E-state index in [1.54, 1.807) is 0 Å². The number of nitrogens with zero attached hydrogens (tertiary/aromatic N) is 2. The Morgan fingerprint density at radius 3 is 1.94 bits per heavy atom. The standard InChI is InChI=1S/C28H28N2O2S/c31-25(32)21-33-20-12-4-11-19-30-27(23-15-7-2-8-16-23)26(22-13-5-1-6-14-22)29-28(30)24-17-9-3-10-18-24/h1-3,5-10,13-18H,4,11-12,19-21H2,(H,31,32). The molecular weight excluding hydrogens is 428 g/mol. The highest BCUT2D eigenvalue weighted by molar-refractivity contribution is 7.99. The van der Waals surface area contributed by atoms with Crippen molar-refractivity contribution in [3.05, 3.63) is 91.0 Å². The molecule has 168 valence electrons. The molecule has 0 aliphatic heterocycles. The zero-order chi connectivity index (χ0) is 22.9. The van der Waals surface area contributed by atoms with Gasteiger partial charge in [0.1, 0.15) is 5.82 Å². The molecule has 1 aromatic heterocycles. The minimum atomic E-state index is -0.744. The Hall–Kier alpha value is -3.31. The van der Waals surface area contributed by atoms with Crippen molar-refractivity contribution in [3.8, 4) is 33.9 Å². The third kappa shape index (κ3) is 5.93. The molecule has 0 bridgehead atoms. The van der Waals surface area contributed by atoms with Gasteiger partial charge in [0.2, 0.25) is 0 Å². The van der Waals surface area contributed by atoms with E-state index in [0.29, 0.717) is 0 Å². The number of aliphatic carboxylic acids is 1. The van der Waals surface area contributed by atoms with Crippen LogP contribution in [0.15, 0.2) is 91.0 Å². The smallest absolute Gasteiger partial charge is 0.313 e. The number of carboxylic acid groups (broad SMARTS) is 1. The maximum atomic E-state index is 10.7. The summed E-state index contributed by atoms with van der Waals surface area (Å²) in [6, 6.07) is 31.2. The van der Waals surface area contributed by atoms with Crippen molar-refractivity contribution >= 4 is 17.7 Å². The number of rotatable bonds is 11. The summed E-state index contributed by atoms with van der Waals surface area (Å²) >= 11 is 1.49. The average Bonchev–Trinajstić information content (AvgIpc) is 3.24. The highest BCUT2D eigenvalue weighted by Gasteiger charge is 2.20. The average molecular weight is 457 g/mol. The first kappa shape index (κ1) is 22.9. The van der Waals surface area contributed by atoms with E-state index >= 15 is 0 Å². The molecule has 1 N–H and O–H groups in total. The van der Waals surface area contributed by atoms with Crippen molar-refractivity contribution < 1.29 is 9.90 Å². The van der Waals surface area contributed by atoms with Crippen LogP contribution < -0.4 is 0 Å². The van der Waals surface area contributed by atoms with Gasteiger partial charge in [0.15, 0.2) is 0 Å². The SMILES string of the molecule is O=C(O)CSCCCCCn1c(-c2ccccc2)nc(-c2ccccc2)c1-c1ccccc1. The van der Waals surface area contributed by atoms with E-state index < -0.39 is 5.97 Å². The number of aromatic nitrogens is 2. The molecule has 1 heterocycles. The number of unbranched alkanes of at least 4 members (excludes halogenated alkanes) is 2. The van der Waals surface area contributed by atoms with Gasteiger partial charge in [-0.3, -0.25) is 4.79 Å². The summed E-state index contributed by atoms with van der Waals surface area (Å²) in [5.74, 6) is 1.29. The van der Waals surface area contributed by atoms with Crippen LogP contribution in [0, 0.1) is 0 Å². The van der Waals surface area contributed by atoms with Crippen LogP contribution in [0.4, 0.5) is 0 Å². The summed E-state index contributed by atoms with van der Waals surface area (Å²) in [7, 11) is 0. The van der Waals surface area contributed by atoms with Gasteiger partial charge in [0, 0.05) is 23.2 Å². The van der Waals surface area contributed by atoms with Crippen LogP contribution in [0.3, 0.4) is 0 Å². The maximum Gasteiger partial charge on any atom is 0.313 e. The summed E-state index contributed by atoms with van der Waals surface area (Å²) in [6.07, 6.45) is 3.07. The molecule has 0 aliphatic carbocycles. The summed E-state index contributed by atoms with van der Waals surface area (Å²) in [5.41, 5.74) is 5.51. The topological polar surface area (TPSA) is 55.1 Å². The number of carbonyl (C=O) groups is 1. The third-order valence-electron chi connectivity index (χ3n) is 5.49.